The Kier molecular flexibility index (Phi) is 5.43. The van der Waals surface area contributed by atoms with Crippen LogP contribution in [-0.2, 0) is 11.3 Å². The van der Waals surface area contributed by atoms with Gasteiger partial charge in [0.05, 0.1) is 24.3 Å². The van der Waals surface area contributed by atoms with Crippen LogP contribution in [0, 0.1) is 0 Å². The van der Waals surface area contributed by atoms with Crippen LogP contribution < -0.4 is 5.32 Å². The molecular weight excluding hydrogens is 390 g/mol. The number of carbonyl (C=O) groups is 1. The van der Waals surface area contributed by atoms with Crippen LogP contribution in [0.1, 0.15) is 15.9 Å². The minimum Gasteiger partial charge on any atom is -0.379 e. The number of hydrogen-bond donors (Lipinski definition) is 2. The Labute approximate surface area is 180 Å². The van der Waals surface area contributed by atoms with Gasteiger partial charge >= 0.3 is 0 Å². The highest BCUT2D eigenvalue weighted by Gasteiger charge is 2.15. The second-order valence-electron chi connectivity index (χ2n) is 7.55. The average molecular weight is 413 g/mol. The maximum absolute atomic E-state index is 12.9. The summed E-state index contributed by atoms with van der Waals surface area (Å²) in [6.45, 7) is 4.23. The van der Waals surface area contributed by atoms with Crippen molar-refractivity contribution < 1.29 is 9.53 Å². The molecule has 1 saturated heterocycles. The Morgan fingerprint density at radius 3 is 2.65 bits per heavy atom. The predicted octanol–water partition coefficient (Wildman–Crippen LogP) is 3.71. The number of H-pyrrole nitrogens is 1. The molecule has 0 unspecified atom stereocenters. The lowest BCUT2D eigenvalue weighted by molar-refractivity contribution is 0.0341. The molecule has 0 saturated carbocycles. The molecule has 2 aromatic heterocycles. The molecule has 1 aliphatic heterocycles. The van der Waals surface area contributed by atoms with Gasteiger partial charge < -0.3 is 15.0 Å². The molecule has 0 atom stereocenters. The van der Waals surface area contributed by atoms with Gasteiger partial charge in [0.2, 0.25) is 0 Å². The van der Waals surface area contributed by atoms with Gasteiger partial charge in [-0.15, -0.1) is 0 Å². The highest BCUT2D eigenvalue weighted by Crippen LogP contribution is 2.23. The fourth-order valence-corrected chi connectivity index (χ4v) is 3.74. The Morgan fingerprint density at radius 2 is 1.87 bits per heavy atom. The maximum atomic E-state index is 12.9. The van der Waals surface area contributed by atoms with Gasteiger partial charge in [0, 0.05) is 31.4 Å². The molecular formula is C24H23N5O2. The molecule has 0 bridgehead atoms. The van der Waals surface area contributed by atoms with Gasteiger partial charge in [0.25, 0.3) is 5.91 Å². The molecule has 7 nitrogen and oxygen atoms in total. The number of anilines is 1. The first-order valence-electron chi connectivity index (χ1n) is 10.4. The van der Waals surface area contributed by atoms with Crippen LogP contribution in [0.25, 0.3) is 22.4 Å². The molecule has 5 rings (SSSR count). The minimum absolute atomic E-state index is 0.231. The molecule has 0 aliphatic carbocycles. The summed E-state index contributed by atoms with van der Waals surface area (Å²) in [5, 5.41) is 2.89. The van der Waals surface area contributed by atoms with Gasteiger partial charge in [-0.3, -0.25) is 9.69 Å². The lowest BCUT2D eigenvalue weighted by atomic mass is 10.1. The summed E-state index contributed by atoms with van der Waals surface area (Å²) in [6, 6.07) is 19.3. The Morgan fingerprint density at radius 1 is 1.03 bits per heavy atom. The minimum atomic E-state index is -0.231. The number of amides is 1. The summed E-state index contributed by atoms with van der Waals surface area (Å²) in [5.74, 6) is 1.03. The number of rotatable bonds is 5. The van der Waals surface area contributed by atoms with Gasteiger partial charge in [-0.25, -0.2) is 9.97 Å². The molecule has 0 radical (unpaired) electrons. The predicted molar refractivity (Wildman–Crippen MR) is 120 cm³/mol. The summed E-state index contributed by atoms with van der Waals surface area (Å²) < 4.78 is 5.39. The Bertz CT molecular complexity index is 1180. The first-order chi connectivity index (χ1) is 15.3. The summed E-state index contributed by atoms with van der Waals surface area (Å²) in [6.07, 6.45) is 1.81. The third-order valence-electron chi connectivity index (χ3n) is 5.38. The molecule has 2 N–H and O–H groups in total. The smallest absolute Gasteiger partial charge is 0.259 e. The number of pyridine rings is 1. The van der Waals surface area contributed by atoms with Crippen molar-refractivity contribution in [3.63, 3.8) is 0 Å². The van der Waals surface area contributed by atoms with Crippen molar-refractivity contribution in [1.29, 1.82) is 0 Å². The number of fused-ring (bicyclic) bond motifs is 1. The van der Waals surface area contributed by atoms with E-state index < -0.39 is 0 Å². The van der Waals surface area contributed by atoms with Crippen molar-refractivity contribution in [2.24, 2.45) is 0 Å². The van der Waals surface area contributed by atoms with E-state index in [0.717, 1.165) is 55.3 Å². The highest BCUT2D eigenvalue weighted by atomic mass is 16.5. The van der Waals surface area contributed by atoms with Crippen LogP contribution in [0.15, 0.2) is 66.9 Å². The van der Waals surface area contributed by atoms with Crippen LogP contribution in [-0.4, -0.2) is 52.1 Å². The summed E-state index contributed by atoms with van der Waals surface area (Å²) in [4.78, 5) is 27.7. The van der Waals surface area contributed by atoms with E-state index >= 15 is 0 Å². The van der Waals surface area contributed by atoms with Crippen LogP contribution in [0.4, 0.5) is 5.82 Å². The van der Waals surface area contributed by atoms with Crippen LogP contribution in [0.2, 0.25) is 0 Å². The third-order valence-corrected chi connectivity index (χ3v) is 5.38. The van der Waals surface area contributed by atoms with Crippen LogP contribution in [0.3, 0.4) is 0 Å². The lowest BCUT2D eigenvalue weighted by Crippen LogP contribution is -2.35. The number of hydrogen-bond acceptors (Lipinski definition) is 5. The van der Waals surface area contributed by atoms with E-state index in [9.17, 15) is 4.79 Å². The molecule has 0 spiro atoms. The number of aromatic nitrogens is 3. The fourth-order valence-electron chi connectivity index (χ4n) is 3.74. The topological polar surface area (TPSA) is 83.1 Å². The third kappa shape index (κ3) is 4.33. The number of nitrogens with one attached hydrogen (secondary N) is 2. The number of imidazole rings is 1. The largest absolute Gasteiger partial charge is 0.379 e. The number of aromatic amines is 1. The van der Waals surface area contributed by atoms with Gasteiger partial charge in [-0.05, 0) is 23.8 Å². The molecule has 7 heteroatoms. The fraction of sp³-hybridized carbons (Fsp3) is 0.208. The molecule has 4 aromatic rings. The average Bonchev–Trinajstić information content (AvgIpc) is 3.26. The van der Waals surface area contributed by atoms with E-state index in [-0.39, 0.29) is 5.91 Å². The van der Waals surface area contributed by atoms with Crippen molar-refractivity contribution >= 4 is 22.8 Å². The van der Waals surface area contributed by atoms with Gasteiger partial charge in [0.1, 0.15) is 17.2 Å². The number of para-hydroxylation sites is 1. The summed E-state index contributed by atoms with van der Waals surface area (Å²) in [5.41, 5.74) is 4.06. The molecule has 156 valence electrons. The van der Waals surface area contributed by atoms with E-state index in [2.05, 4.69) is 25.2 Å². The zero-order chi connectivity index (χ0) is 21.0. The van der Waals surface area contributed by atoms with Crippen molar-refractivity contribution in [3.05, 3.63) is 78.0 Å². The van der Waals surface area contributed by atoms with Crippen LogP contribution >= 0.6 is 0 Å². The van der Waals surface area contributed by atoms with E-state index in [4.69, 9.17) is 4.74 Å². The van der Waals surface area contributed by atoms with E-state index in [1.54, 1.807) is 6.07 Å². The van der Waals surface area contributed by atoms with Crippen molar-refractivity contribution in [3.8, 4) is 11.4 Å². The molecule has 1 amide bonds. The second kappa shape index (κ2) is 8.67. The normalized spacial score (nSPS) is 14.6. The molecule has 31 heavy (non-hydrogen) atoms. The maximum Gasteiger partial charge on any atom is 0.259 e. The summed E-state index contributed by atoms with van der Waals surface area (Å²) in [7, 11) is 0. The second-order valence-corrected chi connectivity index (χ2v) is 7.55. The first kappa shape index (κ1) is 19.4. The zero-order valence-corrected chi connectivity index (χ0v) is 17.0. The zero-order valence-electron chi connectivity index (χ0n) is 17.0. The monoisotopic (exact) mass is 413 g/mol. The van der Waals surface area contributed by atoms with E-state index in [1.807, 2.05) is 60.8 Å². The van der Waals surface area contributed by atoms with Gasteiger partial charge in [-0.1, -0.05) is 42.5 Å². The number of ether oxygens (including phenoxy) is 1. The number of nitrogens with zero attached hydrogens (tertiary/aromatic N) is 3. The Hall–Kier alpha value is -3.55. The highest BCUT2D eigenvalue weighted by molar-refractivity contribution is 6.11. The SMILES string of the molecule is O=C(Nc1ccc(CN2CCOCC2)cn1)c1cccc2[nH]c(-c3ccccc3)nc12. The lowest BCUT2D eigenvalue weighted by Gasteiger charge is -2.26. The standard InChI is InChI=1S/C24H23N5O2/c30-24(27-21-10-9-17(15-25-21)16-29-11-13-31-14-12-29)19-7-4-8-20-22(19)28-23(26-20)18-5-2-1-3-6-18/h1-10,15H,11-14,16H2,(H,26,28)(H,25,27,30). The van der Waals surface area contributed by atoms with E-state index in [0.29, 0.717) is 16.9 Å². The molecule has 1 aliphatic rings. The molecule has 3 heterocycles. The summed E-state index contributed by atoms with van der Waals surface area (Å²) >= 11 is 0. The van der Waals surface area contributed by atoms with Gasteiger partial charge in [-0.2, -0.15) is 0 Å². The number of carbonyl (C=O) groups excluding carboxylic acids is 1. The molecule has 2 aromatic carbocycles. The quantitative estimate of drug-likeness (QED) is 0.521. The van der Waals surface area contributed by atoms with Crippen molar-refractivity contribution in [2.45, 2.75) is 6.54 Å². The van der Waals surface area contributed by atoms with Gasteiger partial charge in [0.15, 0.2) is 0 Å². The van der Waals surface area contributed by atoms with E-state index in [1.165, 1.54) is 0 Å². The van der Waals surface area contributed by atoms with Crippen LogP contribution in [0.5, 0.6) is 0 Å². The first-order valence-corrected chi connectivity index (χ1v) is 10.4. The molecule has 1 fully saturated rings. The number of benzene rings is 2. The Balaban J connectivity index is 1.32. The van der Waals surface area contributed by atoms with Crippen molar-refractivity contribution in [2.75, 3.05) is 31.6 Å². The number of morpholine rings is 1. The van der Waals surface area contributed by atoms with Crippen molar-refractivity contribution in [1.82, 2.24) is 19.9 Å².